The zero-order chi connectivity index (χ0) is 14.4. The topological polar surface area (TPSA) is 17.0 Å². The lowest BCUT2D eigenvalue weighted by molar-refractivity contribution is 0.477. The minimum Gasteiger partial charge on any atom is -0.347 e. The van der Waals surface area contributed by atoms with E-state index in [0.717, 1.165) is 32.0 Å². The molecule has 2 aromatic rings. The van der Waals surface area contributed by atoms with E-state index in [0.29, 0.717) is 0 Å². The van der Waals surface area contributed by atoms with Gasteiger partial charge in [0.15, 0.2) is 0 Å². The van der Waals surface area contributed by atoms with Gasteiger partial charge in [0.05, 0.1) is 0 Å². The first-order chi connectivity index (χ1) is 9.76. The van der Waals surface area contributed by atoms with Crippen LogP contribution in [0.1, 0.15) is 39.2 Å². The van der Waals surface area contributed by atoms with Crippen LogP contribution in [0.25, 0.3) is 10.9 Å². The van der Waals surface area contributed by atoms with E-state index in [2.05, 4.69) is 61.1 Å². The predicted molar refractivity (Wildman–Crippen MR) is 88.3 cm³/mol. The second-order valence-electron chi connectivity index (χ2n) is 5.84. The minimum absolute atomic E-state index is 0.733. The number of para-hydroxylation sites is 1. The van der Waals surface area contributed by atoms with Gasteiger partial charge in [-0.1, -0.05) is 45.4 Å². The summed E-state index contributed by atoms with van der Waals surface area (Å²) in [7, 11) is 0. The largest absolute Gasteiger partial charge is 0.347 e. The highest BCUT2D eigenvalue weighted by molar-refractivity contribution is 5.84. The van der Waals surface area contributed by atoms with Crippen molar-refractivity contribution in [1.82, 2.24) is 9.88 Å². The molecule has 0 saturated carbocycles. The molecule has 0 saturated heterocycles. The van der Waals surface area contributed by atoms with Gasteiger partial charge in [0.25, 0.3) is 0 Å². The van der Waals surface area contributed by atoms with E-state index >= 15 is 0 Å². The van der Waals surface area contributed by atoms with Gasteiger partial charge in [-0.05, 0) is 43.5 Å². The molecule has 1 unspecified atom stereocenters. The van der Waals surface area contributed by atoms with Crippen LogP contribution < -0.4 is 5.32 Å². The Bertz CT molecular complexity index is 527. The smallest absolute Gasteiger partial charge is 0.0483 e. The zero-order valence-corrected chi connectivity index (χ0v) is 13.2. The van der Waals surface area contributed by atoms with Crippen molar-refractivity contribution in [2.75, 3.05) is 13.1 Å². The van der Waals surface area contributed by atoms with E-state index in [1.807, 2.05) is 0 Å². The normalized spacial score (nSPS) is 12.9. The molecular formula is C18H28N2. The Labute approximate surface area is 123 Å². The molecule has 110 valence electrons. The Hall–Kier alpha value is -1.28. The van der Waals surface area contributed by atoms with E-state index in [-0.39, 0.29) is 0 Å². The summed E-state index contributed by atoms with van der Waals surface area (Å²) in [4.78, 5) is 0. The zero-order valence-electron chi connectivity index (χ0n) is 13.2. The van der Waals surface area contributed by atoms with Gasteiger partial charge in [0.1, 0.15) is 0 Å². The Balaban J connectivity index is 2.17. The third-order valence-electron chi connectivity index (χ3n) is 4.07. The molecule has 2 heteroatoms. The van der Waals surface area contributed by atoms with Gasteiger partial charge in [-0.25, -0.2) is 0 Å². The second kappa shape index (κ2) is 7.49. The van der Waals surface area contributed by atoms with Crippen molar-refractivity contribution in [3.63, 3.8) is 0 Å². The number of hydrogen-bond acceptors (Lipinski definition) is 1. The molecule has 20 heavy (non-hydrogen) atoms. The third-order valence-corrected chi connectivity index (χ3v) is 4.07. The average molecular weight is 272 g/mol. The van der Waals surface area contributed by atoms with Crippen LogP contribution >= 0.6 is 0 Å². The molecule has 1 aromatic carbocycles. The number of benzene rings is 1. The van der Waals surface area contributed by atoms with Gasteiger partial charge in [0, 0.05) is 23.6 Å². The Morgan fingerprint density at radius 3 is 2.70 bits per heavy atom. The fraction of sp³-hybridized carbons (Fsp3) is 0.556. The molecule has 2 nitrogen and oxygen atoms in total. The van der Waals surface area contributed by atoms with Crippen LogP contribution in [0.5, 0.6) is 0 Å². The monoisotopic (exact) mass is 272 g/mol. The first-order valence-corrected chi connectivity index (χ1v) is 8.03. The lowest BCUT2D eigenvalue weighted by atomic mass is 10.1. The SMILES string of the molecule is CCCNCCc1cn(CC(C)CC)c2ccccc12. The average Bonchev–Trinajstić information content (AvgIpc) is 2.82. The van der Waals surface area contributed by atoms with Crippen molar-refractivity contribution in [3.8, 4) is 0 Å². The molecular weight excluding hydrogens is 244 g/mol. The Kier molecular flexibility index (Phi) is 5.66. The van der Waals surface area contributed by atoms with E-state index in [1.54, 1.807) is 0 Å². The van der Waals surface area contributed by atoms with Crippen LogP contribution in [0.4, 0.5) is 0 Å². The fourth-order valence-electron chi connectivity index (χ4n) is 2.66. The van der Waals surface area contributed by atoms with Crippen LogP contribution in [0.15, 0.2) is 30.5 Å². The minimum atomic E-state index is 0.733. The maximum atomic E-state index is 3.50. The van der Waals surface area contributed by atoms with Crippen LogP contribution in [-0.4, -0.2) is 17.7 Å². The molecule has 0 aliphatic heterocycles. The number of rotatable bonds is 8. The van der Waals surface area contributed by atoms with Gasteiger partial charge in [-0.3, -0.25) is 0 Å². The molecule has 1 heterocycles. The second-order valence-corrected chi connectivity index (χ2v) is 5.84. The molecule has 0 radical (unpaired) electrons. The van der Waals surface area contributed by atoms with E-state index in [9.17, 15) is 0 Å². The highest BCUT2D eigenvalue weighted by Crippen LogP contribution is 2.23. The lowest BCUT2D eigenvalue weighted by Crippen LogP contribution is -2.17. The maximum Gasteiger partial charge on any atom is 0.0483 e. The molecule has 0 amide bonds. The third kappa shape index (κ3) is 3.63. The number of fused-ring (bicyclic) bond motifs is 1. The van der Waals surface area contributed by atoms with Gasteiger partial charge >= 0.3 is 0 Å². The van der Waals surface area contributed by atoms with Crippen molar-refractivity contribution in [2.24, 2.45) is 5.92 Å². The number of aromatic nitrogens is 1. The summed E-state index contributed by atoms with van der Waals surface area (Å²) in [6.07, 6.45) is 5.92. The summed E-state index contributed by atoms with van der Waals surface area (Å²) in [6, 6.07) is 8.81. The van der Waals surface area contributed by atoms with Crippen molar-refractivity contribution in [2.45, 2.75) is 46.6 Å². The Morgan fingerprint density at radius 2 is 1.95 bits per heavy atom. The molecule has 0 aliphatic rings. The molecule has 0 bridgehead atoms. The van der Waals surface area contributed by atoms with Crippen LogP contribution in [0.2, 0.25) is 0 Å². The van der Waals surface area contributed by atoms with E-state index < -0.39 is 0 Å². The summed E-state index contributed by atoms with van der Waals surface area (Å²) < 4.78 is 2.44. The first kappa shape index (κ1) is 15.1. The highest BCUT2D eigenvalue weighted by atomic mass is 15.0. The van der Waals surface area contributed by atoms with E-state index in [4.69, 9.17) is 0 Å². The molecule has 0 fully saturated rings. The highest BCUT2D eigenvalue weighted by Gasteiger charge is 2.09. The predicted octanol–water partition coefficient (Wildman–Crippen LogP) is 4.23. The standard InChI is InChI=1S/C18H28N2/c1-4-11-19-12-10-16-14-20(13-15(3)5-2)18-9-7-6-8-17(16)18/h6-9,14-15,19H,4-5,10-13H2,1-3H3. The first-order valence-electron chi connectivity index (χ1n) is 8.03. The molecule has 1 atom stereocenters. The van der Waals surface area contributed by atoms with Crippen LogP contribution in [0, 0.1) is 5.92 Å². The Morgan fingerprint density at radius 1 is 1.15 bits per heavy atom. The quantitative estimate of drug-likeness (QED) is 0.712. The van der Waals surface area contributed by atoms with Crippen molar-refractivity contribution < 1.29 is 0 Å². The van der Waals surface area contributed by atoms with Gasteiger partial charge in [0.2, 0.25) is 0 Å². The fourth-order valence-corrected chi connectivity index (χ4v) is 2.66. The summed E-state index contributed by atoms with van der Waals surface area (Å²) in [5, 5.41) is 4.93. The van der Waals surface area contributed by atoms with Gasteiger partial charge in [-0.2, -0.15) is 0 Å². The summed E-state index contributed by atoms with van der Waals surface area (Å²) in [6.45, 7) is 10.1. The van der Waals surface area contributed by atoms with E-state index in [1.165, 1.54) is 29.3 Å². The maximum absolute atomic E-state index is 3.50. The van der Waals surface area contributed by atoms with Crippen LogP contribution in [0.3, 0.4) is 0 Å². The number of nitrogens with one attached hydrogen (secondary N) is 1. The lowest BCUT2D eigenvalue weighted by Gasteiger charge is -2.10. The molecule has 1 N–H and O–H groups in total. The van der Waals surface area contributed by atoms with Gasteiger partial charge in [-0.15, -0.1) is 0 Å². The van der Waals surface area contributed by atoms with Crippen molar-refractivity contribution >= 4 is 10.9 Å². The van der Waals surface area contributed by atoms with Gasteiger partial charge < -0.3 is 9.88 Å². The summed E-state index contributed by atoms with van der Waals surface area (Å²) in [5.41, 5.74) is 2.87. The van der Waals surface area contributed by atoms with Crippen molar-refractivity contribution in [1.29, 1.82) is 0 Å². The number of nitrogens with zero attached hydrogens (tertiary/aromatic N) is 1. The molecule has 2 rings (SSSR count). The number of hydrogen-bond donors (Lipinski definition) is 1. The molecule has 1 aromatic heterocycles. The van der Waals surface area contributed by atoms with Crippen molar-refractivity contribution in [3.05, 3.63) is 36.0 Å². The molecule has 0 spiro atoms. The molecule has 0 aliphatic carbocycles. The van der Waals surface area contributed by atoms with Crippen LogP contribution in [-0.2, 0) is 13.0 Å². The summed E-state index contributed by atoms with van der Waals surface area (Å²) >= 11 is 0. The summed E-state index contributed by atoms with van der Waals surface area (Å²) in [5.74, 6) is 0.733.